The lowest BCUT2D eigenvalue weighted by molar-refractivity contribution is -0.121. The minimum absolute atomic E-state index is 0.0855. The fourth-order valence-electron chi connectivity index (χ4n) is 2.22. The van der Waals surface area contributed by atoms with Crippen LogP contribution >= 0.6 is 12.2 Å². The first-order valence-electron chi connectivity index (χ1n) is 7.45. The highest BCUT2D eigenvalue weighted by molar-refractivity contribution is 7.80. The van der Waals surface area contributed by atoms with Crippen molar-refractivity contribution in [2.45, 2.75) is 70.9 Å². The van der Waals surface area contributed by atoms with E-state index in [0.29, 0.717) is 24.1 Å². The molecule has 1 amide bonds. The maximum atomic E-state index is 11.6. The van der Waals surface area contributed by atoms with Crippen molar-refractivity contribution < 1.29 is 4.79 Å². The van der Waals surface area contributed by atoms with E-state index in [9.17, 15) is 4.79 Å². The predicted octanol–water partition coefficient (Wildman–Crippen LogP) is 2.09. The summed E-state index contributed by atoms with van der Waals surface area (Å²) < 4.78 is 0. The Kier molecular flexibility index (Phi) is 7.79. The fourth-order valence-corrected chi connectivity index (χ4v) is 2.49. The first-order valence-corrected chi connectivity index (χ1v) is 7.86. The number of nitrogens with one attached hydrogen (secondary N) is 3. The Morgan fingerprint density at radius 3 is 2.63 bits per heavy atom. The highest BCUT2D eigenvalue weighted by atomic mass is 32.1. The lowest BCUT2D eigenvalue weighted by Gasteiger charge is -2.24. The van der Waals surface area contributed by atoms with Crippen LogP contribution in [0.3, 0.4) is 0 Å². The highest BCUT2D eigenvalue weighted by Gasteiger charge is 2.13. The molecule has 0 radical (unpaired) electrons. The van der Waals surface area contributed by atoms with Crippen molar-refractivity contribution in [1.29, 1.82) is 0 Å². The first kappa shape index (κ1) is 16.2. The lowest BCUT2D eigenvalue weighted by atomic mass is 9.96. The van der Waals surface area contributed by atoms with Crippen LogP contribution in [0.15, 0.2) is 0 Å². The Morgan fingerprint density at radius 2 is 2.00 bits per heavy atom. The molecule has 1 aliphatic carbocycles. The Hall–Kier alpha value is -0.840. The van der Waals surface area contributed by atoms with Crippen molar-refractivity contribution in [3.8, 4) is 0 Å². The van der Waals surface area contributed by atoms with E-state index in [-0.39, 0.29) is 11.9 Å². The summed E-state index contributed by atoms with van der Waals surface area (Å²) in [5.74, 6) is 0.0855. The van der Waals surface area contributed by atoms with Gasteiger partial charge < -0.3 is 16.0 Å². The molecule has 3 N–H and O–H groups in total. The third-order valence-electron chi connectivity index (χ3n) is 3.60. The van der Waals surface area contributed by atoms with Crippen LogP contribution in [0.1, 0.15) is 58.8 Å². The molecular weight excluding hydrogens is 258 g/mol. The second-order valence-corrected chi connectivity index (χ2v) is 5.77. The van der Waals surface area contributed by atoms with Crippen molar-refractivity contribution in [1.82, 2.24) is 16.0 Å². The number of thiocarbonyl (C=S) groups is 1. The summed E-state index contributed by atoms with van der Waals surface area (Å²) in [4.78, 5) is 11.6. The normalized spacial score (nSPS) is 17.6. The fraction of sp³-hybridized carbons (Fsp3) is 0.857. The number of carbonyl (C=O) groups is 1. The quantitative estimate of drug-likeness (QED) is 0.654. The Bertz CT molecular complexity index is 290. The van der Waals surface area contributed by atoms with Gasteiger partial charge in [0.05, 0.1) is 0 Å². The molecule has 1 unspecified atom stereocenters. The largest absolute Gasteiger partial charge is 0.362 e. The molecule has 1 rings (SSSR count). The van der Waals surface area contributed by atoms with Gasteiger partial charge >= 0.3 is 0 Å². The standard InChI is InChI=1S/C14H27N3OS/c1-3-11(2)16-13(18)9-10-15-14(19)17-12-7-5-4-6-8-12/h11-12H,3-10H2,1-2H3,(H,16,18)(H2,15,17,19). The number of rotatable bonds is 6. The van der Waals surface area contributed by atoms with E-state index >= 15 is 0 Å². The smallest absolute Gasteiger partial charge is 0.221 e. The van der Waals surface area contributed by atoms with Gasteiger partial charge in [0.1, 0.15) is 0 Å². The topological polar surface area (TPSA) is 53.2 Å². The van der Waals surface area contributed by atoms with Gasteiger partial charge in [-0.15, -0.1) is 0 Å². The van der Waals surface area contributed by atoms with Crippen molar-refractivity contribution in [2.24, 2.45) is 0 Å². The van der Waals surface area contributed by atoms with Gasteiger partial charge in [0.15, 0.2) is 5.11 Å². The van der Waals surface area contributed by atoms with Gasteiger partial charge in [-0.2, -0.15) is 0 Å². The molecule has 4 nitrogen and oxygen atoms in total. The molecular formula is C14H27N3OS. The molecule has 0 bridgehead atoms. The Morgan fingerprint density at radius 1 is 1.32 bits per heavy atom. The van der Waals surface area contributed by atoms with Gasteiger partial charge in [-0.25, -0.2) is 0 Å². The molecule has 19 heavy (non-hydrogen) atoms. The van der Waals surface area contributed by atoms with Crippen LogP contribution in [0.5, 0.6) is 0 Å². The van der Waals surface area contributed by atoms with Crippen LogP contribution in [0, 0.1) is 0 Å². The SMILES string of the molecule is CCC(C)NC(=O)CCNC(=S)NC1CCCCC1. The molecule has 0 saturated heterocycles. The number of carbonyl (C=O) groups excluding carboxylic acids is 1. The third kappa shape index (κ3) is 7.35. The van der Waals surface area contributed by atoms with Gasteiger partial charge in [-0.05, 0) is 38.4 Å². The average molecular weight is 285 g/mol. The second-order valence-electron chi connectivity index (χ2n) is 5.36. The summed E-state index contributed by atoms with van der Waals surface area (Å²) >= 11 is 5.24. The van der Waals surface area contributed by atoms with Gasteiger partial charge in [0.2, 0.25) is 5.91 Å². The van der Waals surface area contributed by atoms with E-state index in [1.807, 2.05) is 6.92 Å². The van der Waals surface area contributed by atoms with Gasteiger partial charge in [0, 0.05) is 25.0 Å². The van der Waals surface area contributed by atoms with Crippen LogP contribution in [-0.2, 0) is 4.79 Å². The van der Waals surface area contributed by atoms with Crippen molar-refractivity contribution in [3.05, 3.63) is 0 Å². The van der Waals surface area contributed by atoms with Crippen molar-refractivity contribution in [2.75, 3.05) is 6.54 Å². The van der Waals surface area contributed by atoms with E-state index in [1.54, 1.807) is 0 Å². The van der Waals surface area contributed by atoms with Crippen LogP contribution < -0.4 is 16.0 Å². The molecule has 0 aromatic rings. The Balaban J connectivity index is 2.07. The molecule has 5 heteroatoms. The number of hydrogen-bond donors (Lipinski definition) is 3. The van der Waals surface area contributed by atoms with Crippen LogP contribution in [0.2, 0.25) is 0 Å². The summed E-state index contributed by atoms with van der Waals surface area (Å²) in [6.07, 6.45) is 7.76. The monoisotopic (exact) mass is 285 g/mol. The van der Waals surface area contributed by atoms with Gasteiger partial charge in [-0.1, -0.05) is 26.2 Å². The number of amides is 1. The van der Waals surface area contributed by atoms with Gasteiger partial charge in [-0.3, -0.25) is 4.79 Å². The molecule has 0 aliphatic heterocycles. The summed E-state index contributed by atoms with van der Waals surface area (Å²) in [5, 5.41) is 10.1. The molecule has 110 valence electrons. The maximum absolute atomic E-state index is 11.6. The number of hydrogen-bond acceptors (Lipinski definition) is 2. The van der Waals surface area contributed by atoms with Crippen molar-refractivity contribution in [3.63, 3.8) is 0 Å². The van der Waals surface area contributed by atoms with Gasteiger partial charge in [0.25, 0.3) is 0 Å². The summed E-state index contributed by atoms with van der Waals surface area (Å²) in [5.41, 5.74) is 0. The molecule has 1 atom stereocenters. The first-order chi connectivity index (χ1) is 9.11. The molecule has 0 aromatic heterocycles. The minimum atomic E-state index is 0.0855. The van der Waals surface area contributed by atoms with E-state index in [1.165, 1.54) is 32.1 Å². The van der Waals surface area contributed by atoms with Crippen LogP contribution in [-0.4, -0.2) is 29.6 Å². The molecule has 1 fully saturated rings. The second kappa shape index (κ2) is 9.13. The molecule has 1 aliphatic rings. The summed E-state index contributed by atoms with van der Waals surface area (Å²) in [6.45, 7) is 4.67. The average Bonchev–Trinajstić information content (AvgIpc) is 2.39. The van der Waals surface area contributed by atoms with Crippen molar-refractivity contribution >= 4 is 23.2 Å². The minimum Gasteiger partial charge on any atom is -0.362 e. The van der Waals surface area contributed by atoms with Crippen LogP contribution in [0.4, 0.5) is 0 Å². The summed E-state index contributed by atoms with van der Waals surface area (Å²) in [7, 11) is 0. The molecule has 1 saturated carbocycles. The zero-order chi connectivity index (χ0) is 14.1. The molecule has 0 aromatic carbocycles. The third-order valence-corrected chi connectivity index (χ3v) is 3.86. The van der Waals surface area contributed by atoms with E-state index in [2.05, 4.69) is 22.9 Å². The van der Waals surface area contributed by atoms with Crippen LogP contribution in [0.25, 0.3) is 0 Å². The lowest BCUT2D eigenvalue weighted by Crippen LogP contribution is -2.44. The predicted molar refractivity (Wildman–Crippen MR) is 83.1 cm³/mol. The maximum Gasteiger partial charge on any atom is 0.221 e. The highest BCUT2D eigenvalue weighted by Crippen LogP contribution is 2.17. The zero-order valence-corrected chi connectivity index (χ0v) is 12.9. The zero-order valence-electron chi connectivity index (χ0n) is 12.1. The Labute approximate surface area is 122 Å². The molecule has 0 spiro atoms. The van der Waals surface area contributed by atoms with E-state index < -0.39 is 0 Å². The van der Waals surface area contributed by atoms with E-state index in [4.69, 9.17) is 12.2 Å². The summed E-state index contributed by atoms with van der Waals surface area (Å²) in [6, 6.07) is 0.766. The molecule has 0 heterocycles. The van der Waals surface area contributed by atoms with E-state index in [0.717, 1.165) is 6.42 Å².